The van der Waals surface area contributed by atoms with Crippen molar-refractivity contribution in [3.8, 4) is 5.75 Å². The van der Waals surface area contributed by atoms with Gasteiger partial charge in [0.25, 0.3) is 0 Å². The van der Waals surface area contributed by atoms with Gasteiger partial charge in [-0.1, -0.05) is 28.1 Å². The minimum Gasteiger partial charge on any atom is -0.489 e. The van der Waals surface area contributed by atoms with E-state index in [2.05, 4.69) is 32.6 Å². The van der Waals surface area contributed by atoms with Gasteiger partial charge in [0.15, 0.2) is 0 Å². The van der Waals surface area contributed by atoms with E-state index in [1.54, 1.807) is 12.1 Å². The molecule has 0 aliphatic carbocycles. The number of halogens is 2. The molecule has 134 valence electrons. The molecular weight excluding hydrogens is 383 g/mol. The Bertz CT molecular complexity index is 672. The van der Waals surface area contributed by atoms with E-state index in [9.17, 15) is 4.39 Å². The van der Waals surface area contributed by atoms with Gasteiger partial charge in [0.1, 0.15) is 18.2 Å². The van der Waals surface area contributed by atoms with Gasteiger partial charge in [-0.15, -0.1) is 0 Å². The van der Waals surface area contributed by atoms with E-state index < -0.39 is 0 Å². The van der Waals surface area contributed by atoms with Crippen LogP contribution in [0.25, 0.3) is 0 Å². The third-order valence-electron chi connectivity index (χ3n) is 4.54. The summed E-state index contributed by atoms with van der Waals surface area (Å²) < 4.78 is 20.0. The van der Waals surface area contributed by atoms with Gasteiger partial charge in [0.05, 0.1) is 0 Å². The fourth-order valence-corrected chi connectivity index (χ4v) is 3.47. The van der Waals surface area contributed by atoms with Crippen molar-refractivity contribution in [2.45, 2.75) is 26.0 Å². The number of hydrogen-bond donors (Lipinski definition) is 2. The van der Waals surface area contributed by atoms with Crippen LogP contribution in [0.1, 0.15) is 24.0 Å². The first-order valence-corrected chi connectivity index (χ1v) is 9.57. The van der Waals surface area contributed by atoms with Crippen LogP contribution in [-0.2, 0) is 13.2 Å². The molecule has 0 unspecified atom stereocenters. The Morgan fingerprint density at radius 1 is 1.12 bits per heavy atom. The first-order chi connectivity index (χ1) is 12.2. The molecule has 0 aromatic heterocycles. The molecule has 2 aromatic carbocycles. The number of piperidine rings is 1. The largest absolute Gasteiger partial charge is 0.489 e. The summed E-state index contributed by atoms with van der Waals surface area (Å²) in [4.78, 5) is 0. The normalized spacial score (nSPS) is 15.3. The summed E-state index contributed by atoms with van der Waals surface area (Å²) in [7, 11) is 0. The molecule has 3 nitrogen and oxygen atoms in total. The molecule has 0 spiro atoms. The first kappa shape index (κ1) is 18.4. The lowest BCUT2D eigenvalue weighted by molar-refractivity contribution is 0.300. The van der Waals surface area contributed by atoms with Gasteiger partial charge in [-0.2, -0.15) is 0 Å². The van der Waals surface area contributed by atoms with E-state index in [4.69, 9.17) is 4.74 Å². The van der Waals surface area contributed by atoms with Crippen molar-refractivity contribution >= 4 is 15.9 Å². The molecule has 0 bridgehead atoms. The minimum atomic E-state index is -0.227. The maximum atomic E-state index is 13.0. The number of ether oxygens (including phenoxy) is 1. The maximum absolute atomic E-state index is 13.0. The van der Waals surface area contributed by atoms with E-state index in [-0.39, 0.29) is 5.82 Å². The molecule has 1 aliphatic rings. The SMILES string of the molecule is Fc1ccc(COc2ccc(Br)cc2CNCC2CCNCC2)cc1. The van der Waals surface area contributed by atoms with Crippen LogP contribution in [0.15, 0.2) is 46.9 Å². The van der Waals surface area contributed by atoms with Gasteiger partial charge in [-0.25, -0.2) is 4.39 Å². The summed E-state index contributed by atoms with van der Waals surface area (Å²) >= 11 is 3.54. The Balaban J connectivity index is 1.56. The molecule has 1 aliphatic heterocycles. The molecule has 1 saturated heterocycles. The van der Waals surface area contributed by atoms with E-state index in [1.165, 1.54) is 25.0 Å². The molecule has 2 N–H and O–H groups in total. The standard InChI is InChI=1S/C20H24BrFN2O/c21-18-3-6-20(25-14-16-1-4-19(22)5-2-16)17(11-18)13-24-12-15-7-9-23-10-8-15/h1-6,11,15,23-24H,7-10,12-14H2. The van der Waals surface area contributed by atoms with Crippen LogP contribution < -0.4 is 15.4 Å². The zero-order valence-electron chi connectivity index (χ0n) is 14.2. The minimum absolute atomic E-state index is 0.227. The summed E-state index contributed by atoms with van der Waals surface area (Å²) in [6, 6.07) is 12.5. The van der Waals surface area contributed by atoms with E-state index >= 15 is 0 Å². The predicted molar refractivity (Wildman–Crippen MR) is 102 cm³/mol. The second kappa shape index (κ2) is 9.32. The molecule has 1 fully saturated rings. The molecule has 5 heteroatoms. The fourth-order valence-electron chi connectivity index (χ4n) is 3.07. The Morgan fingerprint density at radius 3 is 2.64 bits per heavy atom. The summed E-state index contributed by atoms with van der Waals surface area (Å²) in [5, 5.41) is 6.96. The van der Waals surface area contributed by atoms with Crippen molar-refractivity contribution in [3.63, 3.8) is 0 Å². The Kier molecular flexibility index (Phi) is 6.84. The van der Waals surface area contributed by atoms with Gasteiger partial charge in [0, 0.05) is 16.6 Å². The summed E-state index contributed by atoms with van der Waals surface area (Å²) in [6.45, 7) is 4.49. The molecule has 0 saturated carbocycles. The van der Waals surface area contributed by atoms with Crippen LogP contribution in [0.3, 0.4) is 0 Å². The first-order valence-electron chi connectivity index (χ1n) is 8.78. The van der Waals surface area contributed by atoms with E-state index in [1.807, 2.05) is 12.1 Å². The van der Waals surface area contributed by atoms with Crippen molar-refractivity contribution < 1.29 is 9.13 Å². The monoisotopic (exact) mass is 406 g/mol. The van der Waals surface area contributed by atoms with Crippen LogP contribution in [0.2, 0.25) is 0 Å². The average molecular weight is 407 g/mol. The lowest BCUT2D eigenvalue weighted by Crippen LogP contribution is -2.33. The fraction of sp³-hybridized carbons (Fsp3) is 0.400. The van der Waals surface area contributed by atoms with Crippen molar-refractivity contribution in [3.05, 3.63) is 63.9 Å². The molecule has 2 aromatic rings. The quantitative estimate of drug-likeness (QED) is 0.720. The van der Waals surface area contributed by atoms with Crippen molar-refractivity contribution in [2.75, 3.05) is 19.6 Å². The number of rotatable bonds is 7. The molecule has 1 heterocycles. The Morgan fingerprint density at radius 2 is 1.88 bits per heavy atom. The zero-order valence-corrected chi connectivity index (χ0v) is 15.8. The van der Waals surface area contributed by atoms with Gasteiger partial charge in [0.2, 0.25) is 0 Å². The highest BCUT2D eigenvalue weighted by Crippen LogP contribution is 2.24. The summed E-state index contributed by atoms with van der Waals surface area (Å²) in [5.74, 6) is 1.39. The van der Waals surface area contributed by atoms with E-state index in [0.717, 1.165) is 53.4 Å². The third-order valence-corrected chi connectivity index (χ3v) is 5.03. The second-order valence-electron chi connectivity index (χ2n) is 6.49. The highest BCUT2D eigenvalue weighted by atomic mass is 79.9. The predicted octanol–water partition coefficient (Wildman–Crippen LogP) is 4.26. The maximum Gasteiger partial charge on any atom is 0.124 e. The van der Waals surface area contributed by atoms with Gasteiger partial charge in [-0.05, 0) is 74.3 Å². The van der Waals surface area contributed by atoms with Crippen LogP contribution in [-0.4, -0.2) is 19.6 Å². The average Bonchev–Trinajstić information content (AvgIpc) is 2.63. The van der Waals surface area contributed by atoms with E-state index in [0.29, 0.717) is 6.61 Å². The molecular formula is C20H24BrFN2O. The molecule has 0 radical (unpaired) electrons. The molecule has 3 rings (SSSR count). The van der Waals surface area contributed by atoms with Gasteiger partial charge in [-0.3, -0.25) is 0 Å². The zero-order chi connectivity index (χ0) is 17.5. The van der Waals surface area contributed by atoms with Gasteiger partial charge >= 0.3 is 0 Å². The highest BCUT2D eigenvalue weighted by molar-refractivity contribution is 9.10. The van der Waals surface area contributed by atoms with Gasteiger partial charge < -0.3 is 15.4 Å². The van der Waals surface area contributed by atoms with Crippen molar-refractivity contribution in [2.24, 2.45) is 5.92 Å². The number of benzene rings is 2. The molecule has 0 amide bonds. The topological polar surface area (TPSA) is 33.3 Å². The van der Waals surface area contributed by atoms with Crippen LogP contribution >= 0.6 is 15.9 Å². The van der Waals surface area contributed by atoms with Crippen molar-refractivity contribution in [1.29, 1.82) is 0 Å². The summed E-state index contributed by atoms with van der Waals surface area (Å²) in [5.41, 5.74) is 2.09. The lowest BCUT2D eigenvalue weighted by atomic mass is 9.98. The van der Waals surface area contributed by atoms with Crippen molar-refractivity contribution in [1.82, 2.24) is 10.6 Å². The molecule has 0 atom stereocenters. The Labute approximate surface area is 157 Å². The smallest absolute Gasteiger partial charge is 0.124 e. The third kappa shape index (κ3) is 5.80. The lowest BCUT2D eigenvalue weighted by Gasteiger charge is -2.23. The van der Waals surface area contributed by atoms with Crippen LogP contribution in [0.4, 0.5) is 4.39 Å². The van der Waals surface area contributed by atoms with Crippen LogP contribution in [0, 0.1) is 11.7 Å². The highest BCUT2D eigenvalue weighted by Gasteiger charge is 2.13. The number of hydrogen-bond acceptors (Lipinski definition) is 3. The molecule has 25 heavy (non-hydrogen) atoms. The second-order valence-corrected chi connectivity index (χ2v) is 7.41. The summed E-state index contributed by atoms with van der Waals surface area (Å²) in [6.07, 6.45) is 2.47. The number of nitrogens with one attached hydrogen (secondary N) is 2. The van der Waals surface area contributed by atoms with Crippen LogP contribution in [0.5, 0.6) is 5.75 Å². The Hall–Kier alpha value is -1.43.